The maximum Gasteiger partial charge on any atom is 0.184 e. The van der Waals surface area contributed by atoms with Gasteiger partial charge in [0.15, 0.2) is 5.12 Å². The van der Waals surface area contributed by atoms with E-state index in [2.05, 4.69) is 0 Å². The van der Waals surface area contributed by atoms with Crippen molar-refractivity contribution in [3.8, 4) is 0 Å². The summed E-state index contributed by atoms with van der Waals surface area (Å²) < 4.78 is 0. The number of hydrogen-bond donors (Lipinski definition) is 0. The second kappa shape index (κ2) is 5.75. The highest BCUT2D eigenvalue weighted by atomic mass is 32.2. The number of carbonyl (C=O) groups excluding carboxylic acids is 1. The van der Waals surface area contributed by atoms with E-state index in [0.717, 1.165) is 34.6 Å². The van der Waals surface area contributed by atoms with Crippen LogP contribution in [0.3, 0.4) is 0 Å². The maximum absolute atomic E-state index is 11.2. The van der Waals surface area contributed by atoms with E-state index < -0.39 is 10.2 Å². The summed E-state index contributed by atoms with van der Waals surface area (Å²) in [7, 11) is 0. The molecule has 0 radical (unpaired) electrons. The second-order valence-electron chi connectivity index (χ2n) is 4.07. The zero-order chi connectivity index (χ0) is 13.8. The van der Waals surface area contributed by atoms with Gasteiger partial charge in [-0.2, -0.15) is 0 Å². The number of rotatable bonds is 4. The van der Waals surface area contributed by atoms with Crippen molar-refractivity contribution in [1.82, 2.24) is 0 Å². The third kappa shape index (κ3) is 3.48. The summed E-state index contributed by atoms with van der Waals surface area (Å²) in [5, 5.41) is 12.0. The predicted molar refractivity (Wildman–Crippen MR) is 76.3 cm³/mol. The largest absolute Gasteiger partial charge is 0.295 e. The second-order valence-corrected chi connectivity index (χ2v) is 5.39. The number of nitro groups is 1. The first-order valence-electron chi connectivity index (χ1n) is 5.70. The Balaban J connectivity index is 2.37. The highest BCUT2D eigenvalue weighted by Crippen LogP contribution is 2.33. The zero-order valence-electron chi connectivity index (χ0n) is 10.3. The predicted octanol–water partition coefficient (Wildman–Crippen LogP) is 3.60. The summed E-state index contributed by atoms with van der Waals surface area (Å²) in [5.74, 6) is 0. The van der Waals surface area contributed by atoms with Crippen LogP contribution in [-0.4, -0.2) is 10.0 Å². The Morgan fingerprint density at radius 3 is 2.58 bits per heavy atom. The first kappa shape index (κ1) is 13.4. The molecule has 1 unspecified atom stereocenters. The molecule has 19 heavy (non-hydrogen) atoms. The highest BCUT2D eigenvalue weighted by Gasteiger charge is 2.12. The SMILES string of the molecule is CC(=O)SC([CH-][N+](=O)[O-])c1ccc2ccccc2c1. The van der Waals surface area contributed by atoms with E-state index in [9.17, 15) is 14.9 Å². The van der Waals surface area contributed by atoms with Gasteiger partial charge in [0, 0.05) is 6.92 Å². The van der Waals surface area contributed by atoms with Gasteiger partial charge in [-0.25, -0.2) is 0 Å². The van der Waals surface area contributed by atoms with Crippen molar-refractivity contribution in [3.63, 3.8) is 0 Å². The number of benzene rings is 2. The van der Waals surface area contributed by atoms with E-state index in [1.54, 1.807) is 0 Å². The van der Waals surface area contributed by atoms with Crippen LogP contribution in [0.1, 0.15) is 17.7 Å². The number of nitrogens with zero attached hydrogens (tertiary/aromatic N) is 1. The summed E-state index contributed by atoms with van der Waals surface area (Å²) in [6, 6.07) is 13.4. The van der Waals surface area contributed by atoms with Crippen LogP contribution in [0.4, 0.5) is 0 Å². The molecule has 0 amide bonds. The summed E-state index contributed by atoms with van der Waals surface area (Å²) in [6.45, 7) is 2.36. The Hall–Kier alpha value is -2.01. The fraction of sp³-hybridized carbons (Fsp3) is 0.143. The minimum atomic E-state index is -0.558. The molecule has 0 saturated heterocycles. The number of fused-ring (bicyclic) bond motifs is 1. The molecule has 2 aromatic carbocycles. The first-order chi connectivity index (χ1) is 9.06. The van der Waals surface area contributed by atoms with Gasteiger partial charge in [0.1, 0.15) is 0 Å². The Kier molecular flexibility index (Phi) is 4.06. The molecule has 0 fully saturated rings. The third-order valence-electron chi connectivity index (χ3n) is 2.65. The Morgan fingerprint density at radius 1 is 1.26 bits per heavy atom. The van der Waals surface area contributed by atoms with E-state index >= 15 is 0 Å². The molecule has 0 N–H and O–H groups in total. The summed E-state index contributed by atoms with van der Waals surface area (Å²) in [4.78, 5) is 21.3. The zero-order valence-corrected chi connectivity index (χ0v) is 11.1. The molecule has 0 aliphatic rings. The molecule has 2 rings (SSSR count). The van der Waals surface area contributed by atoms with Crippen molar-refractivity contribution < 1.29 is 9.72 Å². The molecule has 1 atom stereocenters. The molecule has 0 aliphatic heterocycles. The maximum atomic E-state index is 11.2. The Labute approximate surface area is 115 Å². The average molecular weight is 274 g/mol. The fourth-order valence-corrected chi connectivity index (χ4v) is 2.66. The van der Waals surface area contributed by atoms with Crippen LogP contribution in [-0.2, 0) is 4.79 Å². The minimum Gasteiger partial charge on any atom is -0.295 e. The first-order valence-corrected chi connectivity index (χ1v) is 6.58. The summed E-state index contributed by atoms with van der Waals surface area (Å²) in [6.07, 6.45) is 0. The van der Waals surface area contributed by atoms with Crippen molar-refractivity contribution >= 4 is 27.6 Å². The molecular weight excluding hydrogens is 262 g/mol. The van der Waals surface area contributed by atoms with Gasteiger partial charge in [0.25, 0.3) is 0 Å². The van der Waals surface area contributed by atoms with Gasteiger partial charge in [0.2, 0.25) is 0 Å². The van der Waals surface area contributed by atoms with Gasteiger partial charge in [-0.05, 0) is 22.6 Å². The smallest absolute Gasteiger partial charge is 0.184 e. The lowest BCUT2D eigenvalue weighted by molar-refractivity contribution is -0.437. The van der Waals surface area contributed by atoms with Crippen LogP contribution >= 0.6 is 11.8 Å². The quantitative estimate of drug-likeness (QED) is 0.485. The van der Waals surface area contributed by atoms with Crippen molar-refractivity contribution in [2.75, 3.05) is 0 Å². The van der Waals surface area contributed by atoms with Crippen molar-refractivity contribution in [1.29, 1.82) is 0 Å². The molecular formula is C14H12NO3S-. The average Bonchev–Trinajstić information content (AvgIpc) is 2.36. The molecule has 0 aromatic heterocycles. The lowest BCUT2D eigenvalue weighted by Crippen LogP contribution is -2.05. The van der Waals surface area contributed by atoms with Gasteiger partial charge < -0.3 is 0 Å². The van der Waals surface area contributed by atoms with E-state index in [1.807, 2.05) is 42.5 Å². The highest BCUT2D eigenvalue weighted by molar-refractivity contribution is 8.13. The van der Waals surface area contributed by atoms with Crippen LogP contribution in [0, 0.1) is 16.7 Å². The van der Waals surface area contributed by atoms with Crippen molar-refractivity contribution in [2.24, 2.45) is 0 Å². The van der Waals surface area contributed by atoms with E-state index in [-0.39, 0.29) is 5.12 Å². The van der Waals surface area contributed by atoms with Crippen molar-refractivity contribution in [3.05, 3.63) is 64.7 Å². The van der Waals surface area contributed by atoms with Gasteiger partial charge in [-0.15, -0.1) is 16.7 Å². The lowest BCUT2D eigenvalue weighted by atomic mass is 10.1. The monoisotopic (exact) mass is 274 g/mol. The molecule has 5 heteroatoms. The molecule has 0 heterocycles. The van der Waals surface area contributed by atoms with Crippen LogP contribution in [0.5, 0.6) is 0 Å². The van der Waals surface area contributed by atoms with E-state index in [4.69, 9.17) is 0 Å². The van der Waals surface area contributed by atoms with Crippen LogP contribution in [0.25, 0.3) is 10.8 Å². The van der Waals surface area contributed by atoms with Crippen LogP contribution in [0.2, 0.25) is 0 Å². The number of carbonyl (C=O) groups is 1. The molecule has 0 saturated carbocycles. The van der Waals surface area contributed by atoms with Gasteiger partial charge in [-0.1, -0.05) is 48.0 Å². The Bertz CT molecular complexity index is 611. The topological polar surface area (TPSA) is 60.2 Å². The number of hydrogen-bond acceptors (Lipinski definition) is 4. The normalized spacial score (nSPS) is 12.1. The summed E-state index contributed by atoms with van der Waals surface area (Å²) in [5.41, 5.74) is 0.760. The van der Waals surface area contributed by atoms with E-state index in [1.165, 1.54) is 6.92 Å². The molecule has 0 aliphatic carbocycles. The van der Waals surface area contributed by atoms with Crippen LogP contribution in [0.15, 0.2) is 42.5 Å². The van der Waals surface area contributed by atoms with Gasteiger partial charge in [0.05, 0.1) is 0 Å². The molecule has 0 bridgehead atoms. The fourth-order valence-electron chi connectivity index (χ4n) is 1.86. The van der Waals surface area contributed by atoms with Crippen LogP contribution < -0.4 is 0 Å². The number of thioether (sulfide) groups is 1. The van der Waals surface area contributed by atoms with Crippen molar-refractivity contribution in [2.45, 2.75) is 12.2 Å². The Morgan fingerprint density at radius 2 is 1.95 bits per heavy atom. The summed E-state index contributed by atoms with van der Waals surface area (Å²) >= 11 is 0.953. The van der Waals surface area contributed by atoms with Gasteiger partial charge in [-0.3, -0.25) is 14.9 Å². The van der Waals surface area contributed by atoms with E-state index in [0.29, 0.717) is 0 Å². The lowest BCUT2D eigenvalue weighted by Gasteiger charge is -2.19. The minimum absolute atomic E-state index is 0.142. The third-order valence-corrected chi connectivity index (χ3v) is 3.63. The van der Waals surface area contributed by atoms with Gasteiger partial charge >= 0.3 is 0 Å². The standard InChI is InChI=1S/C14H12NO3S/c1-10(16)19-14(9-15(17)18)13-7-6-11-4-2-3-5-12(11)8-13/h2-9,14H,1H3/q-1. The molecule has 4 nitrogen and oxygen atoms in total. The molecule has 98 valence electrons. The molecule has 0 spiro atoms. The molecule has 2 aromatic rings.